The highest BCUT2D eigenvalue weighted by atomic mass is 16.4. The molecule has 1 aliphatic rings. The Morgan fingerprint density at radius 2 is 2.00 bits per heavy atom. The summed E-state index contributed by atoms with van der Waals surface area (Å²) in [6.07, 6.45) is 2.05. The van der Waals surface area contributed by atoms with Crippen molar-refractivity contribution in [3.05, 3.63) is 35.4 Å². The van der Waals surface area contributed by atoms with Crippen molar-refractivity contribution in [2.75, 3.05) is 0 Å². The minimum absolute atomic E-state index is 0.0269. The van der Waals surface area contributed by atoms with E-state index in [0.717, 1.165) is 12.0 Å². The first-order valence-corrected chi connectivity index (χ1v) is 6.08. The lowest BCUT2D eigenvalue weighted by molar-refractivity contribution is -0.139. The molecule has 1 aromatic rings. The zero-order valence-electron chi connectivity index (χ0n) is 10.4. The lowest BCUT2D eigenvalue weighted by Gasteiger charge is -2.37. The average molecular weight is 247 g/mol. The van der Waals surface area contributed by atoms with E-state index in [1.165, 1.54) is 12.5 Å². The lowest BCUT2D eigenvalue weighted by atomic mass is 9.76. The van der Waals surface area contributed by atoms with Crippen molar-refractivity contribution in [1.29, 1.82) is 0 Å². The van der Waals surface area contributed by atoms with Gasteiger partial charge in [0.05, 0.1) is 12.0 Å². The number of hydrogen-bond acceptors (Lipinski definition) is 2. The molecule has 2 rings (SSSR count). The molecule has 96 valence electrons. The molecule has 2 N–H and O–H groups in total. The Morgan fingerprint density at radius 3 is 2.61 bits per heavy atom. The highest BCUT2D eigenvalue weighted by Crippen LogP contribution is 2.31. The average Bonchev–Trinajstić information content (AvgIpc) is 2.26. The molecule has 4 heteroatoms. The molecule has 0 saturated heterocycles. The summed E-state index contributed by atoms with van der Waals surface area (Å²) in [5.41, 5.74) is 1.76. The largest absolute Gasteiger partial charge is 0.481 e. The van der Waals surface area contributed by atoms with Crippen molar-refractivity contribution in [1.82, 2.24) is 5.32 Å². The van der Waals surface area contributed by atoms with Crippen LogP contribution in [0, 0.1) is 0 Å². The van der Waals surface area contributed by atoms with E-state index < -0.39 is 11.5 Å². The van der Waals surface area contributed by atoms with E-state index >= 15 is 0 Å². The summed E-state index contributed by atoms with van der Waals surface area (Å²) in [5, 5.41) is 11.9. The van der Waals surface area contributed by atoms with Crippen molar-refractivity contribution < 1.29 is 14.7 Å². The third-order valence-electron chi connectivity index (χ3n) is 3.45. The number of amides is 1. The molecule has 1 aliphatic carbocycles. The molecule has 18 heavy (non-hydrogen) atoms. The molecule has 4 nitrogen and oxygen atoms in total. The summed E-state index contributed by atoms with van der Waals surface area (Å²) in [6, 6.07) is 8.01. The lowest BCUT2D eigenvalue weighted by Crippen LogP contribution is -2.52. The minimum atomic E-state index is -0.872. The van der Waals surface area contributed by atoms with Gasteiger partial charge in [-0.3, -0.25) is 9.59 Å². The Morgan fingerprint density at radius 1 is 1.33 bits per heavy atom. The zero-order chi connectivity index (χ0) is 13.2. The maximum atomic E-state index is 11.3. The number of fused-ring (bicyclic) bond motifs is 1. The number of aliphatic carboxylic acids is 1. The van der Waals surface area contributed by atoms with Gasteiger partial charge in [-0.05, 0) is 30.4 Å². The fourth-order valence-electron chi connectivity index (χ4n) is 2.77. The summed E-state index contributed by atoms with van der Waals surface area (Å²) >= 11 is 0. The number of carbonyl (C=O) groups excluding carboxylic acids is 1. The third kappa shape index (κ3) is 2.70. The number of benzene rings is 1. The quantitative estimate of drug-likeness (QED) is 0.851. The van der Waals surface area contributed by atoms with Gasteiger partial charge in [-0.25, -0.2) is 0 Å². The topological polar surface area (TPSA) is 66.4 Å². The highest BCUT2D eigenvalue weighted by Gasteiger charge is 2.37. The molecule has 0 radical (unpaired) electrons. The van der Waals surface area contributed by atoms with Crippen LogP contribution in [0.1, 0.15) is 30.9 Å². The molecule has 0 saturated carbocycles. The van der Waals surface area contributed by atoms with Gasteiger partial charge < -0.3 is 10.4 Å². The van der Waals surface area contributed by atoms with E-state index in [2.05, 4.69) is 11.4 Å². The van der Waals surface area contributed by atoms with Crippen LogP contribution in [0.3, 0.4) is 0 Å². The smallest absolute Gasteiger partial charge is 0.305 e. The van der Waals surface area contributed by atoms with Crippen LogP contribution in [0.15, 0.2) is 24.3 Å². The van der Waals surface area contributed by atoms with Gasteiger partial charge in [0.2, 0.25) is 5.91 Å². The van der Waals surface area contributed by atoms with Crippen LogP contribution in [0.25, 0.3) is 0 Å². The maximum Gasteiger partial charge on any atom is 0.305 e. The number of carboxylic acids is 1. The SMILES string of the molecule is CC(=O)NC1(CC(=O)O)CCc2ccccc2C1. The van der Waals surface area contributed by atoms with E-state index in [1.807, 2.05) is 18.2 Å². The number of carbonyl (C=O) groups is 2. The van der Waals surface area contributed by atoms with Crippen molar-refractivity contribution in [3.8, 4) is 0 Å². The van der Waals surface area contributed by atoms with Gasteiger partial charge in [-0.2, -0.15) is 0 Å². The van der Waals surface area contributed by atoms with Crippen molar-refractivity contribution in [2.45, 2.75) is 38.1 Å². The van der Waals surface area contributed by atoms with Crippen LogP contribution >= 0.6 is 0 Å². The molecule has 1 aromatic carbocycles. The summed E-state index contributed by atoms with van der Waals surface area (Å²) in [7, 11) is 0. The number of carboxylic acid groups (broad SMARTS) is 1. The minimum Gasteiger partial charge on any atom is -0.481 e. The van der Waals surface area contributed by atoms with Crippen molar-refractivity contribution in [3.63, 3.8) is 0 Å². The molecule has 0 heterocycles. The maximum absolute atomic E-state index is 11.3. The van der Waals surface area contributed by atoms with Crippen LogP contribution < -0.4 is 5.32 Å². The van der Waals surface area contributed by atoms with Crippen molar-refractivity contribution >= 4 is 11.9 Å². The van der Waals surface area contributed by atoms with Crippen LogP contribution in [-0.2, 0) is 22.4 Å². The van der Waals surface area contributed by atoms with E-state index in [4.69, 9.17) is 5.11 Å². The van der Waals surface area contributed by atoms with Crippen LogP contribution in [0.2, 0.25) is 0 Å². The van der Waals surface area contributed by atoms with E-state index in [9.17, 15) is 9.59 Å². The van der Waals surface area contributed by atoms with Gasteiger partial charge in [0, 0.05) is 6.92 Å². The van der Waals surface area contributed by atoms with Gasteiger partial charge in [0.15, 0.2) is 0 Å². The third-order valence-corrected chi connectivity index (χ3v) is 3.45. The van der Waals surface area contributed by atoms with E-state index in [1.54, 1.807) is 0 Å². The number of rotatable bonds is 3. The molecular weight excluding hydrogens is 230 g/mol. The summed E-state index contributed by atoms with van der Waals surface area (Å²) in [6.45, 7) is 1.43. The first kappa shape index (κ1) is 12.6. The molecule has 0 aliphatic heterocycles. The second-order valence-electron chi connectivity index (χ2n) is 4.98. The molecule has 1 atom stereocenters. The second-order valence-corrected chi connectivity index (χ2v) is 4.98. The fraction of sp³-hybridized carbons (Fsp3) is 0.429. The van der Waals surface area contributed by atoms with Gasteiger partial charge in [0.25, 0.3) is 0 Å². The first-order chi connectivity index (χ1) is 8.51. The molecule has 1 amide bonds. The fourth-order valence-corrected chi connectivity index (χ4v) is 2.77. The Kier molecular flexibility index (Phi) is 3.36. The number of aryl methyl sites for hydroxylation is 1. The van der Waals surface area contributed by atoms with Crippen molar-refractivity contribution in [2.24, 2.45) is 0 Å². The van der Waals surface area contributed by atoms with E-state index in [-0.39, 0.29) is 12.3 Å². The molecule has 0 bridgehead atoms. The zero-order valence-corrected chi connectivity index (χ0v) is 10.4. The van der Waals surface area contributed by atoms with Crippen LogP contribution in [-0.4, -0.2) is 22.5 Å². The Bertz CT molecular complexity index is 466. The first-order valence-electron chi connectivity index (χ1n) is 6.08. The standard InChI is InChI=1S/C14H17NO3/c1-10(16)15-14(9-13(17)18)7-6-11-4-2-3-5-12(11)8-14/h2-5H,6-9H2,1H3,(H,15,16)(H,17,18). The highest BCUT2D eigenvalue weighted by molar-refractivity contribution is 5.76. The summed E-state index contributed by atoms with van der Waals surface area (Å²) < 4.78 is 0. The summed E-state index contributed by atoms with van der Waals surface area (Å²) in [4.78, 5) is 22.3. The molecule has 0 spiro atoms. The number of hydrogen-bond donors (Lipinski definition) is 2. The normalized spacial score (nSPS) is 22.1. The predicted octanol–water partition coefficient (Wildman–Crippen LogP) is 1.52. The summed E-state index contributed by atoms with van der Waals surface area (Å²) in [5.74, 6) is -1.04. The number of nitrogens with one attached hydrogen (secondary N) is 1. The van der Waals surface area contributed by atoms with Gasteiger partial charge in [0.1, 0.15) is 0 Å². The predicted molar refractivity (Wildman–Crippen MR) is 67.3 cm³/mol. The van der Waals surface area contributed by atoms with Gasteiger partial charge >= 0.3 is 5.97 Å². The van der Waals surface area contributed by atoms with Crippen LogP contribution in [0.5, 0.6) is 0 Å². The monoisotopic (exact) mass is 247 g/mol. The molecule has 0 fully saturated rings. The molecule has 0 aromatic heterocycles. The van der Waals surface area contributed by atoms with Gasteiger partial charge in [-0.15, -0.1) is 0 Å². The second kappa shape index (κ2) is 4.80. The Labute approximate surface area is 106 Å². The van der Waals surface area contributed by atoms with E-state index in [0.29, 0.717) is 12.8 Å². The van der Waals surface area contributed by atoms with Gasteiger partial charge in [-0.1, -0.05) is 24.3 Å². The molecular formula is C14H17NO3. The Balaban J connectivity index is 2.28. The molecule has 1 unspecified atom stereocenters. The van der Waals surface area contributed by atoms with Crippen LogP contribution in [0.4, 0.5) is 0 Å². The Hall–Kier alpha value is -1.84.